The van der Waals surface area contributed by atoms with Gasteiger partial charge in [0.15, 0.2) is 17.7 Å². The lowest BCUT2D eigenvalue weighted by Gasteiger charge is -2.16. The van der Waals surface area contributed by atoms with Crippen molar-refractivity contribution in [2.24, 2.45) is 0 Å². The summed E-state index contributed by atoms with van der Waals surface area (Å²) in [4.78, 5) is 11.1. The Balaban J connectivity index is 2.84. The van der Waals surface area contributed by atoms with Gasteiger partial charge in [-0.1, -0.05) is 6.07 Å². The minimum Gasteiger partial charge on any atom is -0.505 e. The van der Waals surface area contributed by atoms with Crippen LogP contribution in [0.5, 0.6) is 5.75 Å². The van der Waals surface area contributed by atoms with E-state index in [1.165, 1.54) is 6.07 Å². The van der Waals surface area contributed by atoms with Crippen molar-refractivity contribution < 1.29 is 29.2 Å². The van der Waals surface area contributed by atoms with Gasteiger partial charge in [0.05, 0.1) is 6.61 Å². The smallest absolute Gasteiger partial charge is 0.338 e. The SMILES string of the molecule is CCOC(=O)C(O)C(O)c1ccc(O)c(F)c1. The molecule has 17 heavy (non-hydrogen) atoms. The number of ether oxygens (including phenoxy) is 1. The molecular formula is C11H13FO5. The van der Waals surface area contributed by atoms with Crippen molar-refractivity contribution in [3.63, 3.8) is 0 Å². The van der Waals surface area contributed by atoms with Gasteiger partial charge in [0.1, 0.15) is 6.10 Å². The predicted molar refractivity (Wildman–Crippen MR) is 55.7 cm³/mol. The third kappa shape index (κ3) is 3.15. The van der Waals surface area contributed by atoms with E-state index >= 15 is 0 Å². The summed E-state index contributed by atoms with van der Waals surface area (Å²) < 4.78 is 17.5. The number of phenolic OH excluding ortho intramolecular Hbond substituents is 1. The highest BCUT2D eigenvalue weighted by Crippen LogP contribution is 2.23. The van der Waals surface area contributed by atoms with E-state index in [1.54, 1.807) is 6.92 Å². The molecule has 0 fully saturated rings. The number of esters is 1. The number of aliphatic hydroxyl groups is 2. The van der Waals surface area contributed by atoms with Gasteiger partial charge in [0, 0.05) is 0 Å². The molecule has 0 aromatic heterocycles. The maximum Gasteiger partial charge on any atom is 0.338 e. The van der Waals surface area contributed by atoms with Crippen molar-refractivity contribution in [1.29, 1.82) is 0 Å². The largest absolute Gasteiger partial charge is 0.505 e. The molecule has 2 unspecified atom stereocenters. The Morgan fingerprint density at radius 1 is 1.47 bits per heavy atom. The summed E-state index contributed by atoms with van der Waals surface area (Å²) in [6, 6.07) is 3.06. The van der Waals surface area contributed by atoms with Gasteiger partial charge in [-0.15, -0.1) is 0 Å². The van der Waals surface area contributed by atoms with E-state index in [1.807, 2.05) is 0 Å². The molecule has 6 heteroatoms. The Labute approximate surface area is 97.1 Å². The van der Waals surface area contributed by atoms with Gasteiger partial charge in [0.25, 0.3) is 0 Å². The van der Waals surface area contributed by atoms with E-state index in [0.29, 0.717) is 0 Å². The first-order valence-electron chi connectivity index (χ1n) is 4.98. The van der Waals surface area contributed by atoms with Gasteiger partial charge >= 0.3 is 5.97 Å². The van der Waals surface area contributed by atoms with Crippen LogP contribution in [-0.2, 0) is 9.53 Å². The third-order valence-corrected chi connectivity index (χ3v) is 2.14. The van der Waals surface area contributed by atoms with Crippen molar-refractivity contribution >= 4 is 5.97 Å². The molecule has 1 aromatic rings. The average molecular weight is 244 g/mol. The molecule has 1 rings (SSSR count). The topological polar surface area (TPSA) is 87.0 Å². The number of benzene rings is 1. The molecule has 94 valence electrons. The number of hydrogen-bond donors (Lipinski definition) is 3. The number of aromatic hydroxyl groups is 1. The molecule has 2 atom stereocenters. The van der Waals surface area contributed by atoms with E-state index < -0.39 is 29.7 Å². The Morgan fingerprint density at radius 3 is 2.65 bits per heavy atom. The van der Waals surface area contributed by atoms with Crippen molar-refractivity contribution in [3.05, 3.63) is 29.6 Å². The summed E-state index contributed by atoms with van der Waals surface area (Å²) in [5.41, 5.74) is -0.0270. The summed E-state index contributed by atoms with van der Waals surface area (Å²) in [5.74, 6) is -2.52. The molecule has 0 saturated carbocycles. The van der Waals surface area contributed by atoms with Crippen molar-refractivity contribution in [2.45, 2.75) is 19.1 Å². The molecule has 1 aromatic carbocycles. The molecule has 0 bridgehead atoms. The standard InChI is InChI=1S/C11H13FO5/c1-2-17-11(16)10(15)9(14)6-3-4-8(13)7(12)5-6/h3-5,9-10,13-15H,2H2,1H3. The van der Waals surface area contributed by atoms with Crippen molar-refractivity contribution in [3.8, 4) is 5.75 Å². The minimum absolute atomic E-state index is 0.0270. The first-order chi connectivity index (χ1) is 7.97. The molecule has 0 aliphatic rings. The lowest BCUT2D eigenvalue weighted by atomic mass is 10.0. The lowest BCUT2D eigenvalue weighted by molar-refractivity contribution is -0.159. The van der Waals surface area contributed by atoms with Crippen molar-refractivity contribution in [2.75, 3.05) is 6.61 Å². The van der Waals surface area contributed by atoms with E-state index in [9.17, 15) is 19.4 Å². The van der Waals surface area contributed by atoms with Crippen LogP contribution in [0.25, 0.3) is 0 Å². The normalized spacial score (nSPS) is 14.1. The summed E-state index contributed by atoms with van der Waals surface area (Å²) in [6.45, 7) is 1.61. The monoisotopic (exact) mass is 244 g/mol. The molecule has 0 spiro atoms. The summed E-state index contributed by atoms with van der Waals surface area (Å²) in [5, 5.41) is 28.0. The molecule has 0 aliphatic heterocycles. The Hall–Kier alpha value is -1.66. The number of aliphatic hydroxyl groups excluding tert-OH is 2. The molecule has 0 amide bonds. The highest BCUT2D eigenvalue weighted by molar-refractivity contribution is 5.75. The van der Waals surface area contributed by atoms with Gasteiger partial charge in [0.2, 0.25) is 0 Å². The van der Waals surface area contributed by atoms with Crippen molar-refractivity contribution in [1.82, 2.24) is 0 Å². The van der Waals surface area contributed by atoms with Crippen LogP contribution >= 0.6 is 0 Å². The van der Waals surface area contributed by atoms with Gasteiger partial charge in [-0.05, 0) is 24.6 Å². The molecule has 0 heterocycles. The molecule has 0 radical (unpaired) electrons. The highest BCUT2D eigenvalue weighted by Gasteiger charge is 2.27. The number of halogens is 1. The molecular weight excluding hydrogens is 231 g/mol. The second kappa shape index (κ2) is 5.60. The fourth-order valence-corrected chi connectivity index (χ4v) is 1.25. The zero-order valence-corrected chi connectivity index (χ0v) is 9.13. The van der Waals surface area contributed by atoms with Gasteiger partial charge in [-0.2, -0.15) is 0 Å². The van der Waals surface area contributed by atoms with Crippen LogP contribution in [0.3, 0.4) is 0 Å². The number of carbonyl (C=O) groups excluding carboxylic acids is 1. The van der Waals surface area contributed by atoms with Crippen LogP contribution in [0.1, 0.15) is 18.6 Å². The average Bonchev–Trinajstić information content (AvgIpc) is 2.31. The fourth-order valence-electron chi connectivity index (χ4n) is 1.25. The third-order valence-electron chi connectivity index (χ3n) is 2.14. The first kappa shape index (κ1) is 13.4. The van der Waals surface area contributed by atoms with E-state index in [-0.39, 0.29) is 12.2 Å². The summed E-state index contributed by atoms with van der Waals surface area (Å²) in [7, 11) is 0. The number of phenols is 1. The van der Waals surface area contributed by atoms with E-state index in [2.05, 4.69) is 4.74 Å². The Kier molecular flexibility index (Phi) is 4.42. The minimum atomic E-state index is -1.79. The van der Waals surface area contributed by atoms with Crippen LogP contribution in [0.4, 0.5) is 4.39 Å². The quantitative estimate of drug-likeness (QED) is 0.671. The van der Waals surface area contributed by atoms with Crippen LogP contribution < -0.4 is 0 Å². The second-order valence-electron chi connectivity index (χ2n) is 3.35. The fraction of sp³-hybridized carbons (Fsp3) is 0.364. The Morgan fingerprint density at radius 2 is 2.12 bits per heavy atom. The lowest BCUT2D eigenvalue weighted by Crippen LogP contribution is -2.29. The van der Waals surface area contributed by atoms with Gasteiger partial charge in [-0.25, -0.2) is 9.18 Å². The molecule has 3 N–H and O–H groups in total. The first-order valence-corrected chi connectivity index (χ1v) is 4.98. The van der Waals surface area contributed by atoms with Crippen LogP contribution in [0.2, 0.25) is 0 Å². The number of hydrogen-bond acceptors (Lipinski definition) is 5. The molecule has 0 saturated heterocycles. The van der Waals surface area contributed by atoms with Crippen LogP contribution in [-0.4, -0.2) is 34.0 Å². The van der Waals surface area contributed by atoms with E-state index in [4.69, 9.17) is 5.11 Å². The maximum absolute atomic E-state index is 13.0. The summed E-state index contributed by atoms with van der Waals surface area (Å²) >= 11 is 0. The van der Waals surface area contributed by atoms with E-state index in [0.717, 1.165) is 12.1 Å². The van der Waals surface area contributed by atoms with Crippen LogP contribution in [0, 0.1) is 5.82 Å². The highest BCUT2D eigenvalue weighted by atomic mass is 19.1. The number of rotatable bonds is 4. The maximum atomic E-state index is 13.0. The zero-order valence-electron chi connectivity index (χ0n) is 9.13. The van der Waals surface area contributed by atoms with Crippen LogP contribution in [0.15, 0.2) is 18.2 Å². The molecule has 0 aliphatic carbocycles. The van der Waals surface area contributed by atoms with Gasteiger partial charge in [-0.3, -0.25) is 0 Å². The second-order valence-corrected chi connectivity index (χ2v) is 3.35. The summed E-state index contributed by atoms with van der Waals surface area (Å²) in [6.07, 6.45) is -3.40. The zero-order chi connectivity index (χ0) is 13.0. The number of carbonyl (C=O) groups is 1. The predicted octanol–water partition coefficient (Wildman–Crippen LogP) is 0.489. The Bertz CT molecular complexity index is 407. The van der Waals surface area contributed by atoms with Gasteiger partial charge < -0.3 is 20.1 Å². The molecule has 5 nitrogen and oxygen atoms in total.